The summed E-state index contributed by atoms with van der Waals surface area (Å²) >= 11 is 0. The lowest BCUT2D eigenvalue weighted by atomic mass is 9.91. The van der Waals surface area contributed by atoms with E-state index in [0.717, 1.165) is 77.9 Å². The van der Waals surface area contributed by atoms with Crippen LogP contribution in [0.2, 0.25) is 0 Å². The molecule has 0 radical (unpaired) electrons. The van der Waals surface area contributed by atoms with Crippen molar-refractivity contribution in [1.29, 1.82) is 0 Å². The molecule has 2 heteroatoms. The van der Waals surface area contributed by atoms with E-state index in [9.17, 15) is 0 Å². The Morgan fingerprint density at radius 3 is 1.55 bits per heavy atom. The molecule has 11 aromatic carbocycles. The molecule has 0 fully saturated rings. The molecule has 0 aliphatic rings. The Morgan fingerprint density at radius 2 is 0.812 bits per heavy atom. The molecule has 0 atom stereocenters. The van der Waals surface area contributed by atoms with Gasteiger partial charge in [-0.05, 0) is 121 Å². The van der Waals surface area contributed by atoms with Crippen LogP contribution in [0, 0.1) is 0 Å². The molecule has 64 heavy (non-hydrogen) atoms. The Balaban J connectivity index is 1.14. The molecule has 300 valence electrons. The van der Waals surface area contributed by atoms with Gasteiger partial charge in [-0.2, -0.15) is 0 Å². The Morgan fingerprint density at radius 1 is 0.281 bits per heavy atom. The normalized spacial score (nSPS) is 11.4. The van der Waals surface area contributed by atoms with Crippen molar-refractivity contribution in [2.45, 2.75) is 0 Å². The third-order valence-electron chi connectivity index (χ3n) is 12.6. The molecule has 0 spiro atoms. The molecular weight excluding hydrogens is 775 g/mol. The maximum atomic E-state index is 7.07. The molecule has 12 aromatic rings. The fourth-order valence-corrected chi connectivity index (χ4v) is 9.62. The van der Waals surface area contributed by atoms with Crippen molar-refractivity contribution in [2.24, 2.45) is 0 Å². The topological polar surface area (TPSA) is 16.4 Å². The van der Waals surface area contributed by atoms with Crippen LogP contribution in [0.25, 0.3) is 99.1 Å². The van der Waals surface area contributed by atoms with Crippen molar-refractivity contribution < 1.29 is 4.42 Å². The van der Waals surface area contributed by atoms with Crippen LogP contribution in [0.3, 0.4) is 0 Å². The molecule has 0 bridgehead atoms. The number of nitrogens with zero attached hydrogens (tertiary/aromatic N) is 1. The molecule has 0 aliphatic carbocycles. The predicted molar refractivity (Wildman–Crippen MR) is 271 cm³/mol. The number of fused-ring (bicyclic) bond motifs is 6. The molecule has 0 unspecified atom stereocenters. The van der Waals surface area contributed by atoms with Crippen molar-refractivity contribution in [3.05, 3.63) is 249 Å². The summed E-state index contributed by atoms with van der Waals surface area (Å²) in [7, 11) is 0. The van der Waals surface area contributed by atoms with Crippen molar-refractivity contribution in [1.82, 2.24) is 0 Å². The van der Waals surface area contributed by atoms with Gasteiger partial charge in [-0.15, -0.1) is 0 Å². The van der Waals surface area contributed by atoms with Gasteiger partial charge >= 0.3 is 0 Å². The van der Waals surface area contributed by atoms with E-state index in [1.54, 1.807) is 0 Å². The number of furan rings is 1. The van der Waals surface area contributed by atoms with Crippen LogP contribution in [-0.4, -0.2) is 0 Å². The van der Waals surface area contributed by atoms with Crippen LogP contribution >= 0.6 is 0 Å². The summed E-state index contributed by atoms with van der Waals surface area (Å²) in [5.41, 5.74) is 16.3. The van der Waals surface area contributed by atoms with Gasteiger partial charge in [0.15, 0.2) is 0 Å². The summed E-state index contributed by atoms with van der Waals surface area (Å²) in [4.78, 5) is 2.45. The highest BCUT2D eigenvalue weighted by Gasteiger charge is 2.25. The second kappa shape index (κ2) is 15.8. The summed E-state index contributed by atoms with van der Waals surface area (Å²) in [6, 6.07) is 89.6. The Hall–Kier alpha value is -8.46. The minimum atomic E-state index is 0.852. The lowest BCUT2D eigenvalue weighted by Crippen LogP contribution is -2.12. The fraction of sp³-hybridized carbons (Fsp3) is 0. The molecule has 0 saturated heterocycles. The second-order valence-corrected chi connectivity index (χ2v) is 16.4. The quantitative estimate of drug-likeness (QED) is 0.142. The van der Waals surface area contributed by atoms with Gasteiger partial charge in [-0.3, -0.25) is 0 Å². The van der Waals surface area contributed by atoms with E-state index in [0.29, 0.717) is 0 Å². The highest BCUT2D eigenvalue weighted by atomic mass is 16.3. The zero-order valence-electron chi connectivity index (χ0n) is 35.0. The van der Waals surface area contributed by atoms with Crippen LogP contribution in [0.15, 0.2) is 253 Å². The second-order valence-electron chi connectivity index (χ2n) is 16.4. The van der Waals surface area contributed by atoms with Gasteiger partial charge in [-0.25, -0.2) is 0 Å². The summed E-state index contributed by atoms with van der Waals surface area (Å²) < 4.78 is 7.07. The van der Waals surface area contributed by atoms with Gasteiger partial charge in [0.05, 0.1) is 16.8 Å². The standard InChI is InChI=1S/C62H41NO/c1-4-18-42(19-5-1)45-25-16-26-46(38-45)47-27-17-28-50(39-47)63(58-36-34-48(43-20-6-2-7-21-43)40-56(58)44-22-8-3-9-23-44)59-37-35-54(62-61(59)55-32-14-15-33-60(55)64-62)57-41-49-24-10-11-29-51(49)52-30-12-13-31-53(52)57/h1-41H. The first-order valence-electron chi connectivity index (χ1n) is 21.9. The molecule has 0 amide bonds. The van der Waals surface area contributed by atoms with Crippen molar-refractivity contribution in [3.8, 4) is 55.6 Å². The van der Waals surface area contributed by atoms with Crippen LogP contribution in [0.1, 0.15) is 0 Å². The number of hydrogen-bond acceptors (Lipinski definition) is 2. The van der Waals surface area contributed by atoms with E-state index in [4.69, 9.17) is 4.42 Å². The van der Waals surface area contributed by atoms with E-state index < -0.39 is 0 Å². The van der Waals surface area contributed by atoms with Gasteiger partial charge in [0.25, 0.3) is 0 Å². The molecule has 0 saturated carbocycles. The van der Waals surface area contributed by atoms with Crippen LogP contribution in [-0.2, 0) is 0 Å². The van der Waals surface area contributed by atoms with Crippen molar-refractivity contribution >= 4 is 60.5 Å². The summed E-state index contributed by atoms with van der Waals surface area (Å²) in [5, 5.41) is 6.99. The van der Waals surface area contributed by atoms with Gasteiger partial charge in [0.2, 0.25) is 0 Å². The minimum absolute atomic E-state index is 0.852. The summed E-state index contributed by atoms with van der Waals surface area (Å²) in [6.07, 6.45) is 0. The van der Waals surface area contributed by atoms with Gasteiger partial charge in [0.1, 0.15) is 11.2 Å². The molecular formula is C62H41NO. The summed E-state index contributed by atoms with van der Waals surface area (Å²) in [6.45, 7) is 0. The molecule has 2 nitrogen and oxygen atoms in total. The molecule has 1 heterocycles. The molecule has 1 aromatic heterocycles. The number of hydrogen-bond donors (Lipinski definition) is 0. The Bertz CT molecular complexity index is 3660. The van der Waals surface area contributed by atoms with E-state index in [1.807, 2.05) is 0 Å². The lowest BCUT2D eigenvalue weighted by molar-refractivity contribution is 0.670. The number of anilines is 3. The molecule has 0 N–H and O–H groups in total. The summed E-state index contributed by atoms with van der Waals surface area (Å²) in [5.74, 6) is 0. The van der Waals surface area contributed by atoms with Crippen LogP contribution < -0.4 is 4.90 Å². The number of rotatable bonds is 8. The first-order valence-corrected chi connectivity index (χ1v) is 21.9. The number of para-hydroxylation sites is 1. The fourth-order valence-electron chi connectivity index (χ4n) is 9.62. The van der Waals surface area contributed by atoms with E-state index >= 15 is 0 Å². The van der Waals surface area contributed by atoms with Gasteiger partial charge < -0.3 is 9.32 Å². The highest BCUT2D eigenvalue weighted by molar-refractivity contribution is 6.21. The maximum Gasteiger partial charge on any atom is 0.145 e. The average molecular weight is 816 g/mol. The third-order valence-corrected chi connectivity index (χ3v) is 12.6. The SMILES string of the molecule is c1ccc(-c2cccc(-c3cccc(N(c4ccc(-c5ccccc5)cc4-c4ccccc4)c4ccc(-c5cc6ccccc6c6ccccc56)c5oc6ccccc6c45)c3)c2)cc1. The minimum Gasteiger partial charge on any atom is -0.455 e. The number of benzene rings is 11. The van der Waals surface area contributed by atoms with E-state index in [-0.39, 0.29) is 0 Å². The first-order chi connectivity index (χ1) is 31.7. The molecule has 12 rings (SSSR count). The van der Waals surface area contributed by atoms with Crippen LogP contribution in [0.4, 0.5) is 17.1 Å². The smallest absolute Gasteiger partial charge is 0.145 e. The van der Waals surface area contributed by atoms with E-state index in [2.05, 4.69) is 254 Å². The first kappa shape index (κ1) is 37.3. The third kappa shape index (κ3) is 6.52. The Labute approximate surface area is 372 Å². The maximum absolute atomic E-state index is 7.07. The van der Waals surface area contributed by atoms with Crippen molar-refractivity contribution in [3.63, 3.8) is 0 Å². The zero-order valence-corrected chi connectivity index (χ0v) is 35.0. The molecule has 0 aliphatic heterocycles. The van der Waals surface area contributed by atoms with Crippen molar-refractivity contribution in [2.75, 3.05) is 4.90 Å². The Kier molecular flexibility index (Phi) is 9.20. The predicted octanol–water partition coefficient (Wildman–Crippen LogP) is 17.7. The van der Waals surface area contributed by atoms with E-state index in [1.165, 1.54) is 38.2 Å². The lowest BCUT2D eigenvalue weighted by Gasteiger charge is -2.30. The van der Waals surface area contributed by atoms with Gasteiger partial charge in [-0.1, -0.05) is 194 Å². The zero-order chi connectivity index (χ0) is 42.4. The highest BCUT2D eigenvalue weighted by Crippen LogP contribution is 2.50. The van der Waals surface area contributed by atoms with Gasteiger partial charge in [0, 0.05) is 22.2 Å². The van der Waals surface area contributed by atoms with Crippen LogP contribution in [0.5, 0.6) is 0 Å². The monoisotopic (exact) mass is 815 g/mol. The largest absolute Gasteiger partial charge is 0.455 e. The average Bonchev–Trinajstić information content (AvgIpc) is 3.77.